The van der Waals surface area contributed by atoms with Crippen LogP contribution in [0.25, 0.3) is 22.2 Å². The molecule has 40 heavy (non-hydrogen) atoms. The van der Waals surface area contributed by atoms with Gasteiger partial charge in [-0.2, -0.15) is 5.26 Å². The SMILES string of the molecule is Cc1ccc(S(=O)(=O)n2c(C(=O)C(C#N)=CN(C)C)cc3ccc(-c4ccc(N5CCOCC5)nn4)cc32)cc1. The Morgan fingerprint density at radius 1 is 1.02 bits per heavy atom. The van der Waals surface area contributed by atoms with Gasteiger partial charge in [0, 0.05) is 44.3 Å². The number of ether oxygens (including phenoxy) is 1. The van der Waals surface area contributed by atoms with Gasteiger partial charge in [-0.05, 0) is 43.3 Å². The number of fused-ring (bicyclic) bond motifs is 1. The van der Waals surface area contributed by atoms with Crippen molar-refractivity contribution in [1.82, 2.24) is 19.1 Å². The summed E-state index contributed by atoms with van der Waals surface area (Å²) >= 11 is 0. The lowest BCUT2D eigenvalue weighted by Crippen LogP contribution is -2.36. The van der Waals surface area contributed by atoms with Gasteiger partial charge >= 0.3 is 0 Å². The Kier molecular flexibility index (Phi) is 7.38. The van der Waals surface area contributed by atoms with Crippen LogP contribution in [0.15, 0.2) is 77.3 Å². The average Bonchev–Trinajstić information content (AvgIpc) is 3.36. The second kappa shape index (κ2) is 10.9. The van der Waals surface area contributed by atoms with E-state index in [1.165, 1.54) is 24.4 Å². The van der Waals surface area contributed by atoms with Crippen LogP contribution >= 0.6 is 0 Å². The van der Waals surface area contributed by atoms with Gasteiger partial charge in [0.25, 0.3) is 10.0 Å². The van der Waals surface area contributed by atoms with Crippen molar-refractivity contribution in [2.45, 2.75) is 11.8 Å². The molecule has 5 rings (SSSR count). The zero-order valence-electron chi connectivity index (χ0n) is 22.4. The molecule has 0 bridgehead atoms. The minimum Gasteiger partial charge on any atom is -0.382 e. The van der Waals surface area contributed by atoms with E-state index in [2.05, 4.69) is 15.1 Å². The lowest BCUT2D eigenvalue weighted by atomic mass is 10.1. The average molecular weight is 557 g/mol. The number of rotatable bonds is 7. The van der Waals surface area contributed by atoms with Gasteiger partial charge in [0.2, 0.25) is 5.78 Å². The number of aromatic nitrogens is 3. The molecule has 2 aromatic carbocycles. The predicted molar refractivity (Wildman–Crippen MR) is 151 cm³/mol. The number of carbonyl (C=O) groups excluding carboxylic acids is 1. The first-order chi connectivity index (χ1) is 19.2. The molecule has 0 N–H and O–H groups in total. The van der Waals surface area contributed by atoms with Crippen LogP contribution in [0.1, 0.15) is 16.1 Å². The van der Waals surface area contributed by atoms with Gasteiger partial charge in [-0.3, -0.25) is 4.79 Å². The van der Waals surface area contributed by atoms with Crippen LogP contribution < -0.4 is 4.90 Å². The van der Waals surface area contributed by atoms with Gasteiger partial charge in [-0.15, -0.1) is 10.2 Å². The van der Waals surface area contributed by atoms with E-state index in [9.17, 15) is 18.5 Å². The lowest BCUT2D eigenvalue weighted by molar-refractivity contribution is 0.103. The molecule has 2 aromatic heterocycles. The molecule has 1 fully saturated rings. The maximum absolute atomic E-state index is 14.0. The van der Waals surface area contributed by atoms with Gasteiger partial charge in [-0.1, -0.05) is 29.8 Å². The van der Waals surface area contributed by atoms with E-state index in [1.54, 1.807) is 49.3 Å². The zero-order valence-corrected chi connectivity index (χ0v) is 23.2. The van der Waals surface area contributed by atoms with Crippen LogP contribution in [-0.4, -0.2) is 73.7 Å². The van der Waals surface area contributed by atoms with Crippen molar-refractivity contribution in [3.8, 4) is 17.3 Å². The summed E-state index contributed by atoms with van der Waals surface area (Å²) in [6.07, 6.45) is 1.37. The Balaban J connectivity index is 1.66. The van der Waals surface area contributed by atoms with Crippen LogP contribution in [0.3, 0.4) is 0 Å². The van der Waals surface area contributed by atoms with E-state index in [4.69, 9.17) is 4.74 Å². The first-order valence-corrected chi connectivity index (χ1v) is 14.1. The molecule has 204 valence electrons. The molecule has 0 aliphatic carbocycles. The number of allylic oxidation sites excluding steroid dienone is 1. The maximum Gasteiger partial charge on any atom is 0.268 e. The number of anilines is 1. The molecule has 0 atom stereocenters. The Hall–Kier alpha value is -4.53. The van der Waals surface area contributed by atoms with Gasteiger partial charge in [-0.25, -0.2) is 12.4 Å². The number of aryl methyl sites for hydroxylation is 1. The molecule has 0 amide bonds. The summed E-state index contributed by atoms with van der Waals surface area (Å²) in [6, 6.07) is 18.7. The molecule has 0 spiro atoms. The maximum atomic E-state index is 14.0. The molecular formula is C29H28N6O4S. The van der Waals surface area contributed by atoms with Gasteiger partial charge < -0.3 is 14.5 Å². The van der Waals surface area contributed by atoms with Crippen molar-refractivity contribution in [1.29, 1.82) is 5.26 Å². The highest BCUT2D eigenvalue weighted by molar-refractivity contribution is 7.90. The van der Waals surface area contributed by atoms with Crippen molar-refractivity contribution >= 4 is 32.5 Å². The number of hydrogen-bond acceptors (Lipinski definition) is 9. The number of nitrogens with zero attached hydrogens (tertiary/aromatic N) is 6. The minimum atomic E-state index is -4.21. The molecule has 1 aliphatic rings. The standard InChI is InChI=1S/C29H28N6O4S/c1-20-4-8-24(9-5-20)40(37,38)35-26-16-21(25-10-11-28(32-31-25)34-12-14-39-15-13-34)6-7-22(26)17-27(35)29(36)23(18-30)19-33(2)3/h4-11,16-17,19H,12-15H2,1-3H3. The fourth-order valence-corrected chi connectivity index (χ4v) is 6.05. The summed E-state index contributed by atoms with van der Waals surface area (Å²) < 4.78 is 34.4. The Morgan fingerprint density at radius 2 is 1.75 bits per heavy atom. The number of benzene rings is 2. The fraction of sp³-hybridized carbons (Fsp3) is 0.241. The molecule has 0 saturated carbocycles. The Bertz CT molecular complexity index is 1750. The number of nitriles is 1. The quantitative estimate of drug-likeness (QED) is 0.191. The van der Waals surface area contributed by atoms with Gasteiger partial charge in [0.15, 0.2) is 5.82 Å². The second-order valence-electron chi connectivity index (χ2n) is 9.71. The van der Waals surface area contributed by atoms with Crippen LogP contribution in [0.4, 0.5) is 5.82 Å². The highest BCUT2D eigenvalue weighted by Crippen LogP contribution is 2.31. The van der Waals surface area contributed by atoms with E-state index >= 15 is 0 Å². The second-order valence-corrected chi connectivity index (χ2v) is 11.5. The Morgan fingerprint density at radius 3 is 2.38 bits per heavy atom. The largest absolute Gasteiger partial charge is 0.382 e. The van der Waals surface area contributed by atoms with Crippen molar-refractivity contribution in [3.05, 3.63) is 83.7 Å². The van der Waals surface area contributed by atoms with Crippen molar-refractivity contribution in [2.24, 2.45) is 0 Å². The fourth-order valence-electron chi connectivity index (χ4n) is 4.54. The molecule has 1 aliphatic heterocycles. The third-order valence-corrected chi connectivity index (χ3v) is 8.33. The normalized spacial score (nSPS) is 14.2. The minimum absolute atomic E-state index is 0.0276. The van der Waals surface area contributed by atoms with Crippen LogP contribution in [0.5, 0.6) is 0 Å². The molecule has 10 nitrogen and oxygen atoms in total. The third kappa shape index (κ3) is 5.19. The van der Waals surface area contributed by atoms with Crippen LogP contribution in [0, 0.1) is 18.3 Å². The van der Waals surface area contributed by atoms with Crippen molar-refractivity contribution < 1.29 is 17.9 Å². The Labute approximate surface area is 232 Å². The number of ketones is 1. The highest BCUT2D eigenvalue weighted by Gasteiger charge is 2.28. The molecular weight excluding hydrogens is 528 g/mol. The number of morpholine rings is 1. The highest BCUT2D eigenvalue weighted by atomic mass is 32.2. The van der Waals surface area contributed by atoms with Gasteiger partial charge in [0.05, 0.1) is 29.3 Å². The summed E-state index contributed by atoms with van der Waals surface area (Å²) in [5.74, 6) is 0.0438. The van der Waals surface area contributed by atoms with E-state index in [1.807, 2.05) is 25.1 Å². The number of Topliss-reactive ketones (excluding diaryl/α,β-unsaturated/α-hetero) is 1. The van der Waals surface area contributed by atoms with Crippen LogP contribution in [0.2, 0.25) is 0 Å². The molecule has 0 unspecified atom stereocenters. The number of carbonyl (C=O) groups is 1. The first-order valence-electron chi connectivity index (χ1n) is 12.7. The molecule has 0 radical (unpaired) electrons. The molecule has 3 heterocycles. The smallest absolute Gasteiger partial charge is 0.268 e. The van der Waals surface area contributed by atoms with Gasteiger partial charge in [0.1, 0.15) is 17.3 Å². The molecule has 1 saturated heterocycles. The summed E-state index contributed by atoms with van der Waals surface area (Å²) in [5.41, 5.74) is 2.07. The van der Waals surface area contributed by atoms with Crippen molar-refractivity contribution in [3.63, 3.8) is 0 Å². The predicted octanol–water partition coefficient (Wildman–Crippen LogP) is 3.63. The summed E-state index contributed by atoms with van der Waals surface area (Å²) in [7, 11) is -0.851. The monoisotopic (exact) mass is 556 g/mol. The van der Waals surface area contributed by atoms with Crippen molar-refractivity contribution in [2.75, 3.05) is 45.3 Å². The number of hydrogen-bond donors (Lipinski definition) is 0. The molecule has 11 heteroatoms. The first kappa shape index (κ1) is 27.1. The summed E-state index contributed by atoms with van der Waals surface area (Å²) in [5, 5.41) is 19.0. The van der Waals surface area contributed by atoms with E-state index < -0.39 is 15.8 Å². The topological polar surface area (TPSA) is 121 Å². The van der Waals surface area contributed by atoms with Crippen LogP contribution in [-0.2, 0) is 14.8 Å². The van der Waals surface area contributed by atoms with E-state index in [0.29, 0.717) is 35.4 Å². The lowest BCUT2D eigenvalue weighted by Gasteiger charge is -2.27. The van der Waals surface area contributed by atoms with E-state index in [-0.39, 0.29) is 16.2 Å². The third-order valence-electron chi connectivity index (χ3n) is 6.59. The zero-order chi connectivity index (χ0) is 28.4. The van der Waals surface area contributed by atoms with E-state index in [0.717, 1.165) is 28.4 Å². The summed E-state index contributed by atoms with van der Waals surface area (Å²) in [4.78, 5) is 17.2. The molecule has 4 aromatic rings. The summed E-state index contributed by atoms with van der Waals surface area (Å²) in [6.45, 7) is 4.58.